The predicted octanol–water partition coefficient (Wildman–Crippen LogP) is 8.96. The first-order chi connectivity index (χ1) is 37.5. The quantitative estimate of drug-likeness (QED) is 0.0543. The Morgan fingerprint density at radius 3 is 1.58 bits per heavy atom. The summed E-state index contributed by atoms with van der Waals surface area (Å²) in [6.07, 6.45) is 4.51. The summed E-state index contributed by atoms with van der Waals surface area (Å²) in [5.74, 6) is 0.0212. The fourth-order valence-corrected chi connectivity index (χ4v) is 15.0. The van der Waals surface area contributed by atoms with E-state index in [2.05, 4.69) is 20.4 Å². The molecule has 4 aliphatic heterocycles. The van der Waals surface area contributed by atoms with Gasteiger partial charge in [0, 0.05) is 117 Å². The molecule has 4 heterocycles. The zero-order valence-corrected chi connectivity index (χ0v) is 49.1. The summed E-state index contributed by atoms with van der Waals surface area (Å²) in [5.41, 5.74) is 5.83. The van der Waals surface area contributed by atoms with Crippen LogP contribution >= 0.6 is 46.4 Å². The normalized spacial score (nSPS) is 20.4. The minimum atomic E-state index is -3.75. The largest absolute Gasteiger partial charge is 0.379 e. The van der Waals surface area contributed by atoms with Crippen LogP contribution in [-0.4, -0.2) is 165 Å². The highest BCUT2D eigenvalue weighted by Gasteiger charge is 2.36. The van der Waals surface area contributed by atoms with Gasteiger partial charge in [-0.15, -0.1) is 0 Å². The molecule has 4 atom stereocenters. The second kappa shape index (κ2) is 28.5. The number of unbranched alkanes of at least 4 members (excludes halogenated alkanes) is 2. The van der Waals surface area contributed by atoms with E-state index >= 15 is 0 Å². The third kappa shape index (κ3) is 16.2. The number of ketones is 1. The van der Waals surface area contributed by atoms with E-state index in [0.717, 1.165) is 52.6 Å². The van der Waals surface area contributed by atoms with Crippen LogP contribution in [0.15, 0.2) is 82.6 Å². The van der Waals surface area contributed by atoms with Crippen LogP contribution in [0, 0.1) is 0 Å². The fraction of sp³-hybridized carbons (Fsp3) is 0.536. The number of nitrogens with zero attached hydrogens (tertiary/aromatic N) is 4. The van der Waals surface area contributed by atoms with Crippen LogP contribution in [0.1, 0.15) is 96.6 Å². The molecule has 0 bridgehead atoms. The van der Waals surface area contributed by atoms with E-state index in [-0.39, 0.29) is 58.7 Å². The number of rotatable bonds is 27. The number of halogens is 4. The number of fused-ring (bicyclic) bond motifs is 2. The highest BCUT2D eigenvalue weighted by molar-refractivity contribution is 7.89. The van der Waals surface area contributed by atoms with Gasteiger partial charge in [-0.3, -0.25) is 4.79 Å². The van der Waals surface area contributed by atoms with Gasteiger partial charge in [0.25, 0.3) is 0 Å². The van der Waals surface area contributed by atoms with E-state index in [9.17, 15) is 26.4 Å². The van der Waals surface area contributed by atoms with Crippen LogP contribution in [0.2, 0.25) is 20.1 Å². The smallest absolute Gasteiger partial charge is 0.314 e. The zero-order chi connectivity index (χ0) is 55.4. The second-order valence-corrected chi connectivity index (χ2v) is 26.3. The number of benzene rings is 4. The summed E-state index contributed by atoms with van der Waals surface area (Å²) in [5, 5.41) is 7.94. The van der Waals surface area contributed by atoms with Gasteiger partial charge in [-0.1, -0.05) is 77.1 Å². The Morgan fingerprint density at radius 2 is 1.05 bits per heavy atom. The molecule has 0 saturated carbocycles. The van der Waals surface area contributed by atoms with Gasteiger partial charge in [0.1, 0.15) is 5.78 Å². The lowest BCUT2D eigenvalue weighted by Crippen LogP contribution is -2.37. The molecular weight excluding hydrogens is 1120 g/mol. The topological polar surface area (TPSA) is 176 Å². The molecule has 2 fully saturated rings. The molecule has 22 heteroatoms. The maximum absolute atomic E-state index is 13.8. The molecule has 2 saturated heterocycles. The van der Waals surface area contributed by atoms with Gasteiger partial charge in [0.15, 0.2) is 0 Å². The predicted molar refractivity (Wildman–Crippen MR) is 304 cm³/mol. The van der Waals surface area contributed by atoms with E-state index in [0.29, 0.717) is 144 Å². The Hall–Kier alpha value is -3.44. The molecule has 4 aromatic carbocycles. The van der Waals surface area contributed by atoms with Crippen molar-refractivity contribution >= 4 is 78.3 Å². The molecule has 426 valence electrons. The van der Waals surface area contributed by atoms with Crippen LogP contribution in [0.5, 0.6) is 0 Å². The molecule has 2 amide bonds. The van der Waals surface area contributed by atoms with Gasteiger partial charge >= 0.3 is 6.03 Å². The maximum Gasteiger partial charge on any atom is 0.314 e. The third-order valence-electron chi connectivity index (χ3n) is 14.9. The first-order valence-electron chi connectivity index (χ1n) is 26.9. The average molecular weight is 1200 g/mol. The van der Waals surface area contributed by atoms with E-state index in [1.54, 1.807) is 48.5 Å². The van der Waals surface area contributed by atoms with Crippen LogP contribution in [-0.2, 0) is 56.9 Å². The van der Waals surface area contributed by atoms with Crippen LogP contribution in [0.25, 0.3) is 0 Å². The van der Waals surface area contributed by atoms with Gasteiger partial charge in [-0.05, 0) is 128 Å². The van der Waals surface area contributed by atoms with Gasteiger partial charge in [0.05, 0.1) is 55.0 Å². The summed E-state index contributed by atoms with van der Waals surface area (Å²) < 4.78 is 81.4. The van der Waals surface area contributed by atoms with E-state index in [1.165, 1.54) is 8.61 Å². The van der Waals surface area contributed by atoms with Crippen molar-refractivity contribution in [3.05, 3.63) is 126 Å². The number of hydrogen-bond acceptors (Lipinski definition) is 12. The van der Waals surface area contributed by atoms with Crippen molar-refractivity contribution in [2.24, 2.45) is 0 Å². The van der Waals surface area contributed by atoms with Crippen molar-refractivity contribution in [1.29, 1.82) is 0 Å². The molecule has 0 aromatic heterocycles. The minimum Gasteiger partial charge on any atom is -0.379 e. The molecule has 0 aliphatic carbocycles. The van der Waals surface area contributed by atoms with Crippen LogP contribution < -0.4 is 10.6 Å². The fourth-order valence-electron chi connectivity index (χ4n) is 10.8. The number of ether oxygens (including phenoxy) is 4. The summed E-state index contributed by atoms with van der Waals surface area (Å²) in [6, 6.07) is 21.4. The Labute approximate surface area is 480 Å². The standard InChI is InChI=1S/C56H72Cl4N6O10S2/c1-63-35-50(48-29-41(57)31-54(59)52(48)37-63)39-9-6-13-46(27-39)77(69,70)65-19-15-44(33-65)75-25-23-73-21-8-12-43(67)11-4-3-5-17-61-56(68)62-18-22-74-24-26-76-45-16-20-66(34-45)78(71,72)47-14-7-10-40(28-47)51-36-64(2)38-53-49(51)30-42(58)32-55(53)60/h6-7,9-10,13-14,27-32,44-45,50-51H,3-5,8,11-12,15-26,33-38H2,1-2H3,(H2,61,62,68)/t44-,45-,50-,51-/m0/s1. The third-order valence-corrected chi connectivity index (χ3v) is 19.7. The first kappa shape index (κ1) is 60.7. The highest BCUT2D eigenvalue weighted by atomic mass is 35.5. The molecule has 2 N–H and O–H groups in total. The lowest BCUT2D eigenvalue weighted by atomic mass is 9.85. The molecule has 0 unspecified atom stereocenters. The Balaban J connectivity index is 0.608. The van der Waals surface area contributed by atoms with Crippen molar-refractivity contribution < 1.29 is 45.4 Å². The molecule has 4 aliphatic rings. The van der Waals surface area contributed by atoms with Crippen molar-refractivity contribution in [2.45, 2.75) is 98.3 Å². The van der Waals surface area contributed by atoms with Crippen LogP contribution in [0.3, 0.4) is 0 Å². The highest BCUT2D eigenvalue weighted by Crippen LogP contribution is 2.41. The SMILES string of the molecule is CN1Cc2c(Cl)cc(Cl)cc2[C@H](c2cccc(S(=O)(=O)N3CC[C@H](OCCOCCCC(=O)CCCCCNC(=O)NCCOCCO[C@H]4CCN(S(=O)(=O)c5cccc([C@@H]6CN(C)Cc7c(Cl)cc(Cl)cc76)c5)C4)C3)c2)C1. The van der Waals surface area contributed by atoms with Crippen LogP contribution in [0.4, 0.5) is 4.79 Å². The summed E-state index contributed by atoms with van der Waals surface area (Å²) >= 11 is 25.9. The number of urea groups is 1. The van der Waals surface area contributed by atoms with E-state index < -0.39 is 20.0 Å². The monoisotopic (exact) mass is 1190 g/mol. The number of sulfonamides is 2. The summed E-state index contributed by atoms with van der Waals surface area (Å²) in [4.78, 5) is 29.5. The van der Waals surface area contributed by atoms with Crippen molar-refractivity contribution in [3.63, 3.8) is 0 Å². The lowest BCUT2D eigenvalue weighted by Gasteiger charge is -2.33. The Kier molecular flexibility index (Phi) is 22.2. The molecule has 0 spiro atoms. The molecule has 8 rings (SSSR count). The summed E-state index contributed by atoms with van der Waals surface area (Å²) in [7, 11) is -3.46. The number of carbonyl (C=O) groups excluding carboxylic acids is 2. The van der Waals surface area contributed by atoms with Gasteiger partial charge < -0.3 is 39.4 Å². The molecular formula is C56H72Cl4N6O10S2. The van der Waals surface area contributed by atoms with Crippen molar-refractivity contribution in [3.8, 4) is 0 Å². The molecule has 78 heavy (non-hydrogen) atoms. The zero-order valence-electron chi connectivity index (χ0n) is 44.4. The van der Waals surface area contributed by atoms with E-state index in [4.69, 9.17) is 65.4 Å². The summed E-state index contributed by atoms with van der Waals surface area (Å²) in [6.45, 7) is 6.88. The van der Waals surface area contributed by atoms with E-state index in [1.807, 2.05) is 38.4 Å². The lowest BCUT2D eigenvalue weighted by molar-refractivity contribution is -0.119. The number of carbonyl (C=O) groups is 2. The van der Waals surface area contributed by atoms with Crippen molar-refractivity contribution in [2.75, 3.05) is 106 Å². The maximum atomic E-state index is 13.8. The number of likely N-dealkylation sites (N-methyl/N-ethyl adjacent to an activating group) is 2. The number of hydrogen-bond donors (Lipinski definition) is 2. The first-order valence-corrected chi connectivity index (χ1v) is 31.3. The van der Waals surface area contributed by atoms with Crippen molar-refractivity contribution in [1.82, 2.24) is 29.0 Å². The Morgan fingerprint density at radius 1 is 0.564 bits per heavy atom. The molecule has 4 aromatic rings. The van der Waals surface area contributed by atoms with Gasteiger partial charge in [-0.25, -0.2) is 21.6 Å². The number of nitrogens with one attached hydrogen (secondary N) is 2. The number of Topliss-reactive ketones (excluding diaryl/α,β-unsaturated/α-hetero) is 1. The number of amides is 2. The Bertz CT molecular complexity index is 2750. The van der Waals surface area contributed by atoms with Gasteiger partial charge in [-0.2, -0.15) is 8.61 Å². The minimum absolute atomic E-state index is 0.0764. The average Bonchev–Trinajstić information content (AvgIpc) is 4.16. The molecule has 16 nitrogen and oxygen atoms in total. The van der Waals surface area contributed by atoms with Gasteiger partial charge in [0.2, 0.25) is 20.0 Å². The molecule has 0 radical (unpaired) electrons. The second-order valence-electron chi connectivity index (χ2n) is 20.7.